The second kappa shape index (κ2) is 7.52. The fourth-order valence-corrected chi connectivity index (χ4v) is 2.26. The Hall–Kier alpha value is 0.138. The van der Waals surface area contributed by atoms with Gasteiger partial charge in [-0.05, 0) is 11.1 Å². The molecule has 0 saturated carbocycles. The molecule has 1 aliphatic rings. The molecule has 3 nitrogen and oxygen atoms in total. The van der Waals surface area contributed by atoms with Gasteiger partial charge in [0, 0.05) is 11.1 Å². The van der Waals surface area contributed by atoms with Crippen LogP contribution in [0.25, 0.3) is 11.1 Å². The van der Waals surface area contributed by atoms with Gasteiger partial charge in [0.25, 0.3) is 0 Å². The van der Waals surface area contributed by atoms with Crippen LogP contribution in [0, 0.1) is 0 Å². The van der Waals surface area contributed by atoms with Crippen LogP contribution >= 0.6 is 53.0 Å². The Morgan fingerprint density at radius 1 is 0.769 bits per heavy atom. The van der Waals surface area contributed by atoms with E-state index >= 15 is 0 Å². The third-order valence-electron chi connectivity index (χ3n) is 3.06. The predicted molar refractivity (Wildman–Crippen MR) is 118 cm³/mol. The fraction of sp³-hybridized carbons (Fsp3) is 0.125. The Bertz CT molecular complexity index is 828. The van der Waals surface area contributed by atoms with Crippen molar-refractivity contribution in [1.82, 2.24) is 0 Å². The van der Waals surface area contributed by atoms with Crippen molar-refractivity contribution in [2.75, 3.05) is 14.1 Å². The van der Waals surface area contributed by atoms with E-state index in [0.29, 0.717) is 0 Å². The summed E-state index contributed by atoms with van der Waals surface area (Å²) in [7, 11) is 28.8. The van der Waals surface area contributed by atoms with Gasteiger partial charge in [0.15, 0.2) is 0 Å². The number of oxime groups is 1. The van der Waals surface area contributed by atoms with Gasteiger partial charge >= 0.3 is 68.5 Å². The molecule has 10 heteroatoms. The third-order valence-corrected chi connectivity index (χ3v) is 3.06. The summed E-state index contributed by atoms with van der Waals surface area (Å²) in [5.74, 6) is 0. The second-order valence-electron chi connectivity index (χ2n) is 5.66. The van der Waals surface area contributed by atoms with Crippen LogP contribution in [0.4, 0.5) is 0 Å². The average molecular weight is 586 g/mol. The molecule has 0 amide bonds. The van der Waals surface area contributed by atoms with Crippen LogP contribution in [0.15, 0.2) is 53.7 Å². The Kier molecular flexibility index (Phi) is 6.49. The first kappa shape index (κ1) is 22.4. The fourth-order valence-electron chi connectivity index (χ4n) is 2.26. The van der Waals surface area contributed by atoms with Gasteiger partial charge in [0.05, 0.1) is 0 Å². The van der Waals surface area contributed by atoms with Gasteiger partial charge in [-0.1, -0.05) is 53.7 Å². The number of benzene rings is 2. The van der Waals surface area contributed by atoms with Gasteiger partial charge < -0.3 is 0 Å². The van der Waals surface area contributed by atoms with Gasteiger partial charge in [0.1, 0.15) is 19.8 Å². The van der Waals surface area contributed by atoms with E-state index in [-0.39, 0.29) is 0 Å². The molecule has 0 radical (unpaired) electrons. The van der Waals surface area contributed by atoms with Crippen molar-refractivity contribution in [2.45, 2.75) is 0 Å². The second-order valence-corrected chi connectivity index (χ2v) is 62.6. The summed E-state index contributed by atoms with van der Waals surface area (Å²) in [6, 6.07) is 16.5. The van der Waals surface area contributed by atoms with Crippen molar-refractivity contribution in [3.05, 3.63) is 59.7 Å². The first-order valence-corrected chi connectivity index (χ1v) is 26.6. The molecule has 0 aromatic heterocycles. The van der Waals surface area contributed by atoms with Crippen molar-refractivity contribution in [3.63, 3.8) is 0 Å². The first-order chi connectivity index (χ1) is 11.7. The minimum absolute atomic E-state index is 0.893. The van der Waals surface area contributed by atoms with Crippen molar-refractivity contribution in [2.24, 2.45) is 5.16 Å². The molecule has 2 aromatic rings. The number of halogens is 6. The average Bonchev–Trinajstić information content (AvgIpc) is 2.79. The zero-order valence-corrected chi connectivity index (χ0v) is 20.8. The van der Waals surface area contributed by atoms with Crippen molar-refractivity contribution in [3.8, 4) is 11.1 Å². The van der Waals surface area contributed by atoms with E-state index in [9.17, 15) is 0 Å². The number of hydrogen-bond acceptors (Lipinski definition) is 2. The molecule has 2 aromatic carbocycles. The van der Waals surface area contributed by atoms with Crippen LogP contribution in [0.5, 0.6) is 0 Å². The van der Waals surface area contributed by atoms with Crippen LogP contribution in [0.1, 0.15) is 11.1 Å². The summed E-state index contributed by atoms with van der Waals surface area (Å²) in [4.78, 5) is 5.28. The number of hydrogen-bond donors (Lipinski definition) is 0. The van der Waals surface area contributed by atoms with E-state index in [4.69, 9.17) is 57.8 Å². The molecule has 0 bridgehead atoms. The van der Waals surface area contributed by atoms with E-state index in [0.717, 1.165) is 16.8 Å². The zero-order valence-electron chi connectivity index (χ0n) is 13.7. The molecule has 0 heterocycles. The van der Waals surface area contributed by atoms with Crippen LogP contribution in [-0.2, 0) is 4.84 Å². The Morgan fingerprint density at radius 2 is 1.12 bits per heavy atom. The van der Waals surface area contributed by atoms with Gasteiger partial charge in [-0.25, -0.2) is 4.58 Å². The van der Waals surface area contributed by atoms with E-state index in [1.807, 2.05) is 42.9 Å². The monoisotopic (exact) mass is 582 g/mol. The molecule has 1 aliphatic carbocycles. The van der Waals surface area contributed by atoms with E-state index in [1.54, 1.807) is 6.40 Å². The van der Waals surface area contributed by atoms with E-state index < -0.39 is 9.14 Å². The minimum atomic E-state index is -5.42. The molecule has 0 fully saturated rings. The summed E-state index contributed by atoms with van der Waals surface area (Å²) in [6.07, 6.45) is 1.58. The quantitative estimate of drug-likeness (QED) is 0.111. The topological polar surface area (TPSA) is 24.6 Å². The molecule has 0 aliphatic heterocycles. The third kappa shape index (κ3) is 8.02. The number of rotatable bonds is 2. The summed E-state index contributed by atoms with van der Waals surface area (Å²) < 4.78 is 1.82. The van der Waals surface area contributed by atoms with Gasteiger partial charge in [0.2, 0.25) is 0 Å². The van der Waals surface area contributed by atoms with Gasteiger partial charge in [-0.3, -0.25) is 4.84 Å². The Labute approximate surface area is 172 Å². The molecule has 26 heavy (non-hydrogen) atoms. The zero-order chi connectivity index (χ0) is 19.7. The SMILES string of the molecule is C[N+](C)=CON=C1c2ccccc2-c2ccccc21.[Cl][Sb-]([Cl])([Cl])([Cl])([Cl])[Cl]. The molecular formula is C16H15Cl6N2OSb. The molecule has 142 valence electrons. The molecule has 0 atom stereocenters. The molecule has 0 spiro atoms. The first-order valence-electron chi connectivity index (χ1n) is 7.21. The molecular weight excluding hydrogens is 571 g/mol. The van der Waals surface area contributed by atoms with Gasteiger partial charge in [-0.2, -0.15) is 0 Å². The maximum atomic E-state index is 5.28. The molecule has 3 rings (SSSR count). The van der Waals surface area contributed by atoms with Crippen molar-refractivity contribution < 1.29 is 9.41 Å². The van der Waals surface area contributed by atoms with Crippen LogP contribution in [-0.4, -0.2) is 39.9 Å². The molecule has 0 N–H and O–H groups in total. The Morgan fingerprint density at radius 3 is 1.46 bits per heavy atom. The van der Waals surface area contributed by atoms with E-state index in [1.165, 1.54) is 11.1 Å². The van der Waals surface area contributed by atoms with Gasteiger partial charge in [-0.15, -0.1) is 0 Å². The van der Waals surface area contributed by atoms with Crippen LogP contribution in [0.3, 0.4) is 0 Å². The molecule has 0 unspecified atom stereocenters. The summed E-state index contributed by atoms with van der Waals surface area (Å²) in [5.41, 5.74) is 5.56. The summed E-state index contributed by atoms with van der Waals surface area (Å²) >= 11 is 0. The van der Waals surface area contributed by atoms with Crippen molar-refractivity contribution >= 4 is 74.2 Å². The maximum absolute atomic E-state index is 5.42. The number of fused-ring (bicyclic) bond motifs is 3. The van der Waals surface area contributed by atoms with Crippen molar-refractivity contribution in [1.29, 1.82) is 0 Å². The molecule has 0 saturated heterocycles. The van der Waals surface area contributed by atoms with Crippen LogP contribution < -0.4 is 0 Å². The standard InChI is InChI=1S/C16H15N2O.6ClH.Sb/c1-18(2)11-19-17-16-14-9-5-3-7-12(14)13-8-4-6-10-15(13)16;;;;;;;/h3-11H,1-2H3;6*1H;/q+1;;;;;;;+5/p-6. The normalized spacial score (nSPS) is 14.7. The predicted octanol–water partition coefficient (Wildman–Crippen LogP) is 6.49. The Balaban J connectivity index is 0.000000298. The summed E-state index contributed by atoms with van der Waals surface area (Å²) in [6.45, 7) is 0. The summed E-state index contributed by atoms with van der Waals surface area (Å²) in [5, 5.41) is 4.27. The van der Waals surface area contributed by atoms with E-state index in [2.05, 4.69) is 29.4 Å². The van der Waals surface area contributed by atoms with Crippen LogP contribution in [0.2, 0.25) is 0 Å². The number of nitrogens with zero attached hydrogens (tertiary/aromatic N) is 2.